The van der Waals surface area contributed by atoms with Crippen LogP contribution >= 0.6 is 0 Å². The maximum Gasteiger partial charge on any atom is 0.272 e. The Morgan fingerprint density at radius 1 is 1.12 bits per heavy atom. The summed E-state index contributed by atoms with van der Waals surface area (Å²) in [5, 5.41) is 2.72. The first-order chi connectivity index (χ1) is 11.5. The van der Waals surface area contributed by atoms with Gasteiger partial charge in [-0.1, -0.05) is 18.2 Å². The van der Waals surface area contributed by atoms with E-state index in [1.807, 2.05) is 6.07 Å². The Bertz CT molecular complexity index is 976. The molecular formula is C16H16N4O3S. The van der Waals surface area contributed by atoms with Gasteiger partial charge in [-0.15, -0.1) is 0 Å². The first-order valence-electron chi connectivity index (χ1n) is 7.34. The highest BCUT2D eigenvalue weighted by molar-refractivity contribution is 7.92. The third-order valence-corrected chi connectivity index (χ3v) is 5.41. The van der Waals surface area contributed by atoms with E-state index in [4.69, 9.17) is 0 Å². The van der Waals surface area contributed by atoms with Crippen LogP contribution in [0, 0.1) is 0 Å². The normalized spacial score (nSPS) is 11.4. The molecule has 1 N–H and O–H groups in total. The second-order valence-corrected chi connectivity index (χ2v) is 6.86. The summed E-state index contributed by atoms with van der Waals surface area (Å²) < 4.78 is 28.2. The zero-order valence-electron chi connectivity index (χ0n) is 13.0. The summed E-state index contributed by atoms with van der Waals surface area (Å²) >= 11 is 0. The van der Waals surface area contributed by atoms with Gasteiger partial charge in [-0.3, -0.25) is 14.2 Å². The lowest BCUT2D eigenvalue weighted by atomic mass is 10.3. The Kier molecular flexibility index (Phi) is 4.22. The van der Waals surface area contributed by atoms with E-state index in [0.717, 1.165) is 0 Å². The standard InChI is InChI=1S/C16H16N4O3S/c1-2-19(13-6-4-3-5-7-13)24(22,23)14-8-9-15(17-12-14)20-16(21)10-11-18-20/h3-12,18H,2H2,1H3. The van der Waals surface area contributed by atoms with Crippen molar-refractivity contribution in [2.75, 3.05) is 10.8 Å². The van der Waals surface area contributed by atoms with Gasteiger partial charge in [0, 0.05) is 25.0 Å². The number of hydrogen-bond acceptors (Lipinski definition) is 4. The summed E-state index contributed by atoms with van der Waals surface area (Å²) in [7, 11) is -3.73. The first-order valence-corrected chi connectivity index (χ1v) is 8.78. The molecule has 0 saturated heterocycles. The molecule has 0 saturated carbocycles. The first kappa shape index (κ1) is 16.0. The number of benzene rings is 1. The number of H-pyrrole nitrogens is 1. The number of sulfonamides is 1. The lowest BCUT2D eigenvalue weighted by Crippen LogP contribution is -2.30. The maximum atomic E-state index is 12.8. The van der Waals surface area contributed by atoms with Crippen molar-refractivity contribution in [3.63, 3.8) is 0 Å². The predicted octanol–water partition coefficient (Wildman–Crippen LogP) is 1.78. The van der Waals surface area contributed by atoms with Crippen molar-refractivity contribution in [3.8, 4) is 5.82 Å². The zero-order valence-corrected chi connectivity index (χ0v) is 13.8. The Morgan fingerprint density at radius 2 is 1.88 bits per heavy atom. The third kappa shape index (κ3) is 2.83. The van der Waals surface area contributed by atoms with E-state index in [9.17, 15) is 13.2 Å². The van der Waals surface area contributed by atoms with E-state index in [2.05, 4.69) is 10.1 Å². The van der Waals surface area contributed by atoms with E-state index >= 15 is 0 Å². The van der Waals surface area contributed by atoms with Crippen molar-refractivity contribution in [2.24, 2.45) is 0 Å². The lowest BCUT2D eigenvalue weighted by Gasteiger charge is -2.22. The highest BCUT2D eigenvalue weighted by atomic mass is 32.2. The number of rotatable bonds is 5. The van der Waals surface area contributed by atoms with Gasteiger partial charge in [0.2, 0.25) is 0 Å². The van der Waals surface area contributed by atoms with Gasteiger partial charge in [-0.25, -0.2) is 18.1 Å². The number of hydrogen-bond donors (Lipinski definition) is 1. The molecular weight excluding hydrogens is 328 g/mol. The molecule has 3 rings (SSSR count). The van der Waals surface area contributed by atoms with Crippen molar-refractivity contribution in [1.29, 1.82) is 0 Å². The molecule has 0 spiro atoms. The minimum atomic E-state index is -3.73. The molecule has 24 heavy (non-hydrogen) atoms. The van der Waals surface area contributed by atoms with E-state index in [1.165, 1.54) is 39.6 Å². The van der Waals surface area contributed by atoms with Gasteiger partial charge in [0.25, 0.3) is 15.6 Å². The number of para-hydroxylation sites is 1. The summed E-state index contributed by atoms with van der Waals surface area (Å²) in [6, 6.07) is 13.2. The SMILES string of the molecule is CCN(c1ccccc1)S(=O)(=O)c1ccc(-n2[nH]ccc2=O)nc1. The maximum absolute atomic E-state index is 12.8. The van der Waals surface area contributed by atoms with Crippen molar-refractivity contribution in [1.82, 2.24) is 14.8 Å². The number of aromatic amines is 1. The molecule has 0 fully saturated rings. The van der Waals surface area contributed by atoms with Gasteiger partial charge in [-0.05, 0) is 31.2 Å². The topological polar surface area (TPSA) is 88.1 Å². The fraction of sp³-hybridized carbons (Fsp3) is 0.125. The molecule has 124 valence electrons. The van der Waals surface area contributed by atoms with Crippen LogP contribution in [-0.4, -0.2) is 29.7 Å². The summed E-state index contributed by atoms with van der Waals surface area (Å²) in [5.74, 6) is 0.326. The number of nitrogens with one attached hydrogen (secondary N) is 1. The molecule has 0 aliphatic heterocycles. The number of nitrogens with zero attached hydrogens (tertiary/aromatic N) is 3. The average molecular weight is 344 g/mol. The Labute approximate surface area is 139 Å². The zero-order chi connectivity index (χ0) is 17.2. The Hall–Kier alpha value is -2.87. The highest BCUT2D eigenvalue weighted by Gasteiger charge is 2.23. The van der Waals surface area contributed by atoms with Gasteiger partial charge in [0.05, 0.1) is 5.69 Å². The van der Waals surface area contributed by atoms with Crippen LogP contribution in [0.2, 0.25) is 0 Å². The number of pyridine rings is 1. The quantitative estimate of drug-likeness (QED) is 0.764. The molecule has 8 heteroatoms. The Morgan fingerprint density at radius 3 is 2.42 bits per heavy atom. The summed E-state index contributed by atoms with van der Waals surface area (Å²) in [6.45, 7) is 2.06. The van der Waals surface area contributed by atoms with Crippen LogP contribution < -0.4 is 9.86 Å². The molecule has 0 aliphatic carbocycles. The number of aromatic nitrogens is 3. The molecule has 3 aromatic rings. The van der Waals surface area contributed by atoms with E-state index in [0.29, 0.717) is 18.1 Å². The van der Waals surface area contributed by atoms with Gasteiger partial charge in [-0.2, -0.15) is 0 Å². The number of anilines is 1. The molecule has 0 radical (unpaired) electrons. The molecule has 0 bridgehead atoms. The molecule has 7 nitrogen and oxygen atoms in total. The second-order valence-electron chi connectivity index (χ2n) is 4.99. The fourth-order valence-electron chi connectivity index (χ4n) is 2.37. The van der Waals surface area contributed by atoms with Crippen molar-refractivity contribution >= 4 is 15.7 Å². The fourth-order valence-corrected chi connectivity index (χ4v) is 3.79. The molecule has 0 aliphatic rings. The Balaban J connectivity index is 1.98. The van der Waals surface area contributed by atoms with Crippen molar-refractivity contribution in [3.05, 3.63) is 71.3 Å². The van der Waals surface area contributed by atoms with Crippen LogP contribution in [0.5, 0.6) is 0 Å². The van der Waals surface area contributed by atoms with Gasteiger partial charge < -0.3 is 0 Å². The van der Waals surface area contributed by atoms with Crippen molar-refractivity contribution in [2.45, 2.75) is 11.8 Å². The largest absolute Gasteiger partial charge is 0.297 e. The molecule has 0 unspecified atom stereocenters. The van der Waals surface area contributed by atoms with E-state index < -0.39 is 10.0 Å². The van der Waals surface area contributed by atoms with Crippen LogP contribution in [-0.2, 0) is 10.0 Å². The second kappa shape index (κ2) is 6.32. The monoisotopic (exact) mass is 344 g/mol. The lowest BCUT2D eigenvalue weighted by molar-refractivity contribution is 0.591. The van der Waals surface area contributed by atoms with E-state index in [-0.39, 0.29) is 10.5 Å². The average Bonchev–Trinajstić information content (AvgIpc) is 3.02. The molecule has 1 aromatic carbocycles. The highest BCUT2D eigenvalue weighted by Crippen LogP contribution is 2.22. The van der Waals surface area contributed by atoms with Crippen LogP contribution in [0.3, 0.4) is 0 Å². The smallest absolute Gasteiger partial charge is 0.272 e. The minimum Gasteiger partial charge on any atom is -0.297 e. The summed E-state index contributed by atoms with van der Waals surface area (Å²) in [5.41, 5.74) is 0.322. The van der Waals surface area contributed by atoms with Crippen molar-refractivity contribution < 1.29 is 8.42 Å². The van der Waals surface area contributed by atoms with Gasteiger partial charge in [0.1, 0.15) is 4.90 Å². The van der Waals surface area contributed by atoms with Gasteiger partial charge in [0.15, 0.2) is 5.82 Å². The third-order valence-electron chi connectivity index (χ3n) is 3.52. The minimum absolute atomic E-state index is 0.0663. The van der Waals surface area contributed by atoms with E-state index in [1.54, 1.807) is 31.2 Å². The predicted molar refractivity (Wildman–Crippen MR) is 90.8 cm³/mol. The van der Waals surface area contributed by atoms with Crippen LogP contribution in [0.1, 0.15) is 6.92 Å². The van der Waals surface area contributed by atoms with Gasteiger partial charge >= 0.3 is 0 Å². The van der Waals surface area contributed by atoms with Crippen LogP contribution in [0.15, 0.2) is 70.6 Å². The van der Waals surface area contributed by atoms with Crippen LogP contribution in [0.4, 0.5) is 5.69 Å². The molecule has 2 aromatic heterocycles. The molecule has 0 atom stereocenters. The summed E-state index contributed by atoms with van der Waals surface area (Å²) in [4.78, 5) is 15.8. The molecule has 0 amide bonds. The summed E-state index contributed by atoms with van der Waals surface area (Å²) in [6.07, 6.45) is 2.74. The van der Waals surface area contributed by atoms with Crippen LogP contribution in [0.25, 0.3) is 5.82 Å². The molecule has 2 heterocycles.